The Labute approximate surface area is 101 Å². The molecule has 1 aromatic carbocycles. The molecule has 0 saturated carbocycles. The Morgan fingerprint density at radius 1 is 1.31 bits per heavy atom. The number of nitrogens with one attached hydrogen (secondary N) is 1. The van der Waals surface area contributed by atoms with Gasteiger partial charge in [0.1, 0.15) is 0 Å². The van der Waals surface area contributed by atoms with Gasteiger partial charge in [-0.2, -0.15) is 0 Å². The molecule has 2 aliphatic rings. The molecule has 1 saturated heterocycles. The summed E-state index contributed by atoms with van der Waals surface area (Å²) in [5.74, 6) is 0. The largest absolute Gasteiger partial charge is 0.380 e. The fourth-order valence-corrected chi connectivity index (χ4v) is 2.90. The molecule has 1 aliphatic carbocycles. The molecule has 2 unspecified atom stereocenters. The van der Waals surface area contributed by atoms with Crippen LogP contribution in [0.3, 0.4) is 0 Å². The second kappa shape index (κ2) is 4.36. The van der Waals surface area contributed by atoms with Gasteiger partial charge in [0.2, 0.25) is 0 Å². The third-order valence-electron chi connectivity index (χ3n) is 3.55. The van der Waals surface area contributed by atoms with Crippen LogP contribution in [0.25, 0.3) is 0 Å². The first-order valence-electron chi connectivity index (χ1n) is 5.95. The summed E-state index contributed by atoms with van der Waals surface area (Å²) in [4.78, 5) is 0. The number of halogens is 1. The van der Waals surface area contributed by atoms with Crippen molar-refractivity contribution in [2.75, 3.05) is 13.2 Å². The van der Waals surface area contributed by atoms with Gasteiger partial charge in [0.25, 0.3) is 0 Å². The topological polar surface area (TPSA) is 21.3 Å². The Balaban J connectivity index is 1.75. The minimum atomic E-state index is 0.499. The quantitative estimate of drug-likeness (QED) is 0.854. The van der Waals surface area contributed by atoms with E-state index in [9.17, 15) is 0 Å². The minimum Gasteiger partial charge on any atom is -0.380 e. The maximum atomic E-state index is 6.00. The number of fused-ring (bicyclic) bond motifs is 1. The molecule has 0 amide bonds. The molecule has 1 N–H and O–H groups in total. The lowest BCUT2D eigenvalue weighted by molar-refractivity contribution is 0.188. The lowest BCUT2D eigenvalue weighted by atomic mass is 10.1. The van der Waals surface area contributed by atoms with Crippen LogP contribution in [0, 0.1) is 0 Å². The molecule has 1 aliphatic heterocycles. The Morgan fingerprint density at radius 2 is 2.25 bits per heavy atom. The van der Waals surface area contributed by atoms with Gasteiger partial charge < -0.3 is 10.1 Å². The van der Waals surface area contributed by atoms with Crippen molar-refractivity contribution in [3.63, 3.8) is 0 Å². The van der Waals surface area contributed by atoms with Crippen LogP contribution in [0.15, 0.2) is 18.2 Å². The van der Waals surface area contributed by atoms with E-state index < -0.39 is 0 Å². The van der Waals surface area contributed by atoms with Gasteiger partial charge in [-0.3, -0.25) is 0 Å². The summed E-state index contributed by atoms with van der Waals surface area (Å²) in [6.45, 7) is 1.76. The van der Waals surface area contributed by atoms with E-state index in [-0.39, 0.29) is 0 Å². The molecule has 0 radical (unpaired) electrons. The van der Waals surface area contributed by atoms with Crippen LogP contribution in [-0.2, 0) is 11.2 Å². The zero-order chi connectivity index (χ0) is 11.0. The van der Waals surface area contributed by atoms with Crippen LogP contribution in [0.4, 0.5) is 0 Å². The standard InChI is InChI=1S/C13H16ClNO/c14-10-2-3-12-9(7-10)1-4-13(12)15-11-5-6-16-8-11/h2-3,7,11,13,15H,1,4-6,8H2. The highest BCUT2D eigenvalue weighted by molar-refractivity contribution is 6.30. The first-order chi connectivity index (χ1) is 7.83. The predicted octanol–water partition coefficient (Wildman–Crippen LogP) is 2.71. The van der Waals surface area contributed by atoms with Crippen molar-refractivity contribution in [1.29, 1.82) is 0 Å². The van der Waals surface area contributed by atoms with E-state index in [1.165, 1.54) is 17.5 Å². The van der Waals surface area contributed by atoms with Gasteiger partial charge in [-0.05, 0) is 42.5 Å². The predicted molar refractivity (Wildman–Crippen MR) is 64.9 cm³/mol. The molecular weight excluding hydrogens is 222 g/mol. The zero-order valence-electron chi connectivity index (χ0n) is 9.21. The van der Waals surface area contributed by atoms with Gasteiger partial charge in [-0.15, -0.1) is 0 Å². The fraction of sp³-hybridized carbons (Fsp3) is 0.538. The van der Waals surface area contributed by atoms with Crippen LogP contribution in [-0.4, -0.2) is 19.3 Å². The molecule has 2 atom stereocenters. The number of hydrogen-bond acceptors (Lipinski definition) is 2. The average Bonchev–Trinajstić information content (AvgIpc) is 2.89. The van der Waals surface area contributed by atoms with E-state index in [4.69, 9.17) is 16.3 Å². The highest BCUT2D eigenvalue weighted by Gasteiger charge is 2.26. The normalized spacial score (nSPS) is 28.3. The number of rotatable bonds is 2. The third-order valence-corrected chi connectivity index (χ3v) is 3.78. The molecule has 0 aromatic heterocycles. The number of benzene rings is 1. The summed E-state index contributed by atoms with van der Waals surface area (Å²) in [6.07, 6.45) is 3.47. The van der Waals surface area contributed by atoms with E-state index in [1.807, 2.05) is 6.07 Å². The third kappa shape index (κ3) is 1.97. The maximum Gasteiger partial charge on any atom is 0.0620 e. The molecule has 2 nitrogen and oxygen atoms in total. The lowest BCUT2D eigenvalue weighted by Gasteiger charge is -2.18. The Hall–Kier alpha value is -0.570. The molecule has 16 heavy (non-hydrogen) atoms. The average molecular weight is 238 g/mol. The smallest absolute Gasteiger partial charge is 0.0620 e. The summed E-state index contributed by atoms with van der Waals surface area (Å²) in [5, 5.41) is 4.54. The molecule has 3 rings (SSSR count). The summed E-state index contributed by atoms with van der Waals surface area (Å²) in [7, 11) is 0. The van der Waals surface area contributed by atoms with E-state index in [2.05, 4.69) is 17.4 Å². The minimum absolute atomic E-state index is 0.499. The lowest BCUT2D eigenvalue weighted by Crippen LogP contribution is -2.32. The van der Waals surface area contributed by atoms with E-state index in [0.717, 1.165) is 31.1 Å². The second-order valence-corrected chi connectivity index (χ2v) is 5.10. The summed E-state index contributed by atoms with van der Waals surface area (Å²) < 4.78 is 5.39. The maximum absolute atomic E-state index is 6.00. The van der Waals surface area contributed by atoms with Crippen molar-refractivity contribution < 1.29 is 4.74 Å². The summed E-state index contributed by atoms with van der Waals surface area (Å²) in [6, 6.07) is 7.29. The Kier molecular flexibility index (Phi) is 2.88. The molecule has 1 aromatic rings. The first kappa shape index (κ1) is 10.6. The van der Waals surface area contributed by atoms with Crippen LogP contribution in [0.2, 0.25) is 5.02 Å². The van der Waals surface area contributed by atoms with Crippen LogP contribution >= 0.6 is 11.6 Å². The van der Waals surface area contributed by atoms with Crippen LogP contribution < -0.4 is 5.32 Å². The molecule has 1 heterocycles. The SMILES string of the molecule is Clc1ccc2c(c1)CCC2NC1CCOC1. The monoisotopic (exact) mass is 237 g/mol. The van der Waals surface area contributed by atoms with Crippen molar-refractivity contribution in [3.05, 3.63) is 34.3 Å². The molecule has 1 fully saturated rings. The zero-order valence-corrected chi connectivity index (χ0v) is 9.96. The van der Waals surface area contributed by atoms with Crippen molar-refractivity contribution in [1.82, 2.24) is 5.32 Å². The molecule has 3 heteroatoms. The van der Waals surface area contributed by atoms with Crippen molar-refractivity contribution >= 4 is 11.6 Å². The van der Waals surface area contributed by atoms with E-state index in [0.29, 0.717) is 12.1 Å². The summed E-state index contributed by atoms with van der Waals surface area (Å²) in [5.41, 5.74) is 2.83. The molecule has 0 bridgehead atoms. The highest BCUT2D eigenvalue weighted by atomic mass is 35.5. The Bertz CT molecular complexity index is 388. The fourth-order valence-electron chi connectivity index (χ4n) is 2.71. The van der Waals surface area contributed by atoms with Gasteiger partial charge in [-0.25, -0.2) is 0 Å². The Morgan fingerprint density at radius 3 is 3.06 bits per heavy atom. The van der Waals surface area contributed by atoms with Crippen LogP contribution in [0.1, 0.15) is 30.0 Å². The highest BCUT2D eigenvalue weighted by Crippen LogP contribution is 2.33. The molecular formula is C13H16ClNO. The number of ether oxygens (including phenoxy) is 1. The molecule has 86 valence electrons. The van der Waals surface area contributed by atoms with Gasteiger partial charge >= 0.3 is 0 Å². The second-order valence-electron chi connectivity index (χ2n) is 4.66. The first-order valence-corrected chi connectivity index (χ1v) is 6.33. The van der Waals surface area contributed by atoms with Gasteiger partial charge in [0.15, 0.2) is 0 Å². The van der Waals surface area contributed by atoms with Gasteiger partial charge in [0.05, 0.1) is 6.61 Å². The van der Waals surface area contributed by atoms with E-state index in [1.54, 1.807) is 0 Å². The number of aryl methyl sites for hydroxylation is 1. The van der Waals surface area contributed by atoms with E-state index >= 15 is 0 Å². The van der Waals surface area contributed by atoms with Crippen molar-refractivity contribution in [2.24, 2.45) is 0 Å². The van der Waals surface area contributed by atoms with Gasteiger partial charge in [0, 0.05) is 23.7 Å². The van der Waals surface area contributed by atoms with Gasteiger partial charge in [-0.1, -0.05) is 17.7 Å². The van der Waals surface area contributed by atoms with Crippen LogP contribution in [0.5, 0.6) is 0 Å². The molecule has 0 spiro atoms. The van der Waals surface area contributed by atoms with Crippen molar-refractivity contribution in [3.8, 4) is 0 Å². The summed E-state index contributed by atoms with van der Waals surface area (Å²) >= 11 is 6.00. The number of hydrogen-bond donors (Lipinski definition) is 1. The van der Waals surface area contributed by atoms with Crippen molar-refractivity contribution in [2.45, 2.75) is 31.3 Å².